The summed E-state index contributed by atoms with van der Waals surface area (Å²) in [5, 5.41) is 0. The molecule has 120 valence electrons. The summed E-state index contributed by atoms with van der Waals surface area (Å²) in [5.41, 5.74) is 7.60. The molecule has 0 unspecified atom stereocenters. The fourth-order valence-corrected chi connectivity index (χ4v) is 3.37. The van der Waals surface area contributed by atoms with Crippen LogP contribution < -0.4 is 5.73 Å². The van der Waals surface area contributed by atoms with E-state index in [1.807, 2.05) is 11.0 Å². The van der Waals surface area contributed by atoms with Crippen LogP contribution in [-0.4, -0.2) is 67.7 Å². The Morgan fingerprint density at radius 2 is 1.91 bits per heavy atom. The molecule has 5 nitrogen and oxygen atoms in total. The van der Waals surface area contributed by atoms with Gasteiger partial charge < -0.3 is 20.3 Å². The number of carbonyl (C=O) groups excluding carboxylic acids is 1. The standard InChI is InChI=1S/C17H25N3O2/c18-16-13-19(12-15(16)14-4-2-1-3-5-14)7-6-17(21)20-8-10-22-11-9-20/h1-5,15-16H,6-13,18H2/t15-,16+/m0/s1. The second-order valence-corrected chi connectivity index (χ2v) is 6.18. The Hall–Kier alpha value is -1.43. The Morgan fingerprint density at radius 3 is 2.64 bits per heavy atom. The summed E-state index contributed by atoms with van der Waals surface area (Å²) in [4.78, 5) is 16.4. The number of hydrogen-bond donors (Lipinski definition) is 1. The Kier molecular flexibility index (Phi) is 5.08. The Bertz CT molecular complexity index is 488. The van der Waals surface area contributed by atoms with Crippen LogP contribution in [0.15, 0.2) is 30.3 Å². The number of amides is 1. The molecule has 2 fully saturated rings. The first-order valence-electron chi connectivity index (χ1n) is 8.12. The normalized spacial score (nSPS) is 26.3. The Labute approximate surface area is 132 Å². The van der Waals surface area contributed by atoms with Crippen molar-refractivity contribution < 1.29 is 9.53 Å². The summed E-state index contributed by atoms with van der Waals surface area (Å²) in [6.45, 7) is 5.40. The van der Waals surface area contributed by atoms with Crippen molar-refractivity contribution in [3.8, 4) is 0 Å². The molecule has 22 heavy (non-hydrogen) atoms. The summed E-state index contributed by atoms with van der Waals surface area (Å²) < 4.78 is 5.28. The first kappa shape index (κ1) is 15.5. The molecule has 2 heterocycles. The van der Waals surface area contributed by atoms with Gasteiger partial charge in [-0.15, -0.1) is 0 Å². The molecule has 5 heteroatoms. The predicted molar refractivity (Wildman–Crippen MR) is 85.6 cm³/mol. The minimum Gasteiger partial charge on any atom is -0.378 e. The quantitative estimate of drug-likeness (QED) is 0.888. The number of ether oxygens (including phenoxy) is 1. The molecule has 2 aliphatic heterocycles. The Morgan fingerprint density at radius 1 is 1.18 bits per heavy atom. The van der Waals surface area contributed by atoms with E-state index in [0.717, 1.165) is 32.7 Å². The lowest BCUT2D eigenvalue weighted by Gasteiger charge is -2.27. The fourth-order valence-electron chi connectivity index (χ4n) is 3.37. The van der Waals surface area contributed by atoms with E-state index in [1.165, 1.54) is 5.56 Å². The van der Waals surface area contributed by atoms with Crippen molar-refractivity contribution in [1.29, 1.82) is 0 Å². The van der Waals surface area contributed by atoms with Crippen LogP contribution in [0.5, 0.6) is 0 Å². The van der Waals surface area contributed by atoms with Crippen LogP contribution in [0.1, 0.15) is 17.9 Å². The highest BCUT2D eigenvalue weighted by molar-refractivity contribution is 5.76. The minimum absolute atomic E-state index is 0.154. The molecule has 2 saturated heterocycles. The molecule has 3 rings (SSSR count). The van der Waals surface area contributed by atoms with Crippen LogP contribution in [0.3, 0.4) is 0 Å². The second-order valence-electron chi connectivity index (χ2n) is 6.18. The van der Waals surface area contributed by atoms with Crippen LogP contribution in [-0.2, 0) is 9.53 Å². The molecule has 0 aromatic heterocycles. The van der Waals surface area contributed by atoms with Crippen LogP contribution in [0.4, 0.5) is 0 Å². The van der Waals surface area contributed by atoms with Crippen LogP contribution >= 0.6 is 0 Å². The van der Waals surface area contributed by atoms with Crippen molar-refractivity contribution in [1.82, 2.24) is 9.80 Å². The number of rotatable bonds is 4. The largest absolute Gasteiger partial charge is 0.378 e. The van der Waals surface area contributed by atoms with Gasteiger partial charge in [-0.05, 0) is 5.56 Å². The summed E-state index contributed by atoms with van der Waals surface area (Å²) in [6.07, 6.45) is 0.578. The van der Waals surface area contributed by atoms with Gasteiger partial charge in [0.05, 0.1) is 13.2 Å². The first-order valence-corrected chi connectivity index (χ1v) is 8.12. The smallest absolute Gasteiger partial charge is 0.224 e. The lowest BCUT2D eigenvalue weighted by molar-refractivity contribution is -0.135. The molecular weight excluding hydrogens is 278 g/mol. The maximum atomic E-state index is 12.2. The molecule has 1 aromatic rings. The van der Waals surface area contributed by atoms with Crippen molar-refractivity contribution in [3.63, 3.8) is 0 Å². The van der Waals surface area contributed by atoms with E-state index < -0.39 is 0 Å². The third-order valence-electron chi connectivity index (χ3n) is 4.67. The van der Waals surface area contributed by atoms with Gasteiger partial charge in [0.2, 0.25) is 5.91 Å². The molecule has 2 atom stereocenters. The highest BCUT2D eigenvalue weighted by Crippen LogP contribution is 2.26. The number of carbonyl (C=O) groups is 1. The van der Waals surface area contributed by atoms with Gasteiger partial charge in [0.15, 0.2) is 0 Å². The van der Waals surface area contributed by atoms with Crippen molar-refractivity contribution in [2.45, 2.75) is 18.4 Å². The first-order chi connectivity index (χ1) is 10.7. The SMILES string of the molecule is N[C@@H]1CN(CCC(=O)N2CCOCC2)C[C@H]1c1ccccc1. The molecule has 2 N–H and O–H groups in total. The van der Waals surface area contributed by atoms with Gasteiger partial charge in [-0.1, -0.05) is 30.3 Å². The van der Waals surface area contributed by atoms with E-state index in [9.17, 15) is 4.79 Å². The third-order valence-corrected chi connectivity index (χ3v) is 4.67. The minimum atomic E-state index is 0.154. The van der Waals surface area contributed by atoms with E-state index in [-0.39, 0.29) is 11.9 Å². The molecule has 0 radical (unpaired) electrons. The molecule has 0 aliphatic carbocycles. The van der Waals surface area contributed by atoms with Crippen molar-refractivity contribution in [2.75, 3.05) is 45.9 Å². The molecule has 2 aliphatic rings. The van der Waals surface area contributed by atoms with E-state index in [0.29, 0.717) is 25.6 Å². The van der Waals surface area contributed by atoms with Crippen LogP contribution in [0, 0.1) is 0 Å². The highest BCUT2D eigenvalue weighted by Gasteiger charge is 2.31. The summed E-state index contributed by atoms with van der Waals surface area (Å²) >= 11 is 0. The number of likely N-dealkylation sites (tertiary alicyclic amines) is 1. The zero-order valence-electron chi connectivity index (χ0n) is 13.0. The van der Waals surface area contributed by atoms with Crippen molar-refractivity contribution in [2.24, 2.45) is 5.73 Å². The van der Waals surface area contributed by atoms with Gasteiger partial charge in [0.25, 0.3) is 0 Å². The molecule has 0 saturated carbocycles. The molecular formula is C17H25N3O2. The average Bonchev–Trinajstić information content (AvgIpc) is 2.95. The lowest BCUT2D eigenvalue weighted by atomic mass is 9.95. The van der Waals surface area contributed by atoms with E-state index >= 15 is 0 Å². The molecule has 1 aromatic carbocycles. The van der Waals surface area contributed by atoms with Crippen LogP contribution in [0.2, 0.25) is 0 Å². The zero-order valence-corrected chi connectivity index (χ0v) is 13.0. The summed E-state index contributed by atoms with van der Waals surface area (Å²) in [5.74, 6) is 0.611. The van der Waals surface area contributed by atoms with E-state index in [2.05, 4.69) is 29.2 Å². The number of morpholine rings is 1. The van der Waals surface area contributed by atoms with E-state index in [1.54, 1.807) is 0 Å². The summed E-state index contributed by atoms with van der Waals surface area (Å²) in [7, 11) is 0. The zero-order chi connectivity index (χ0) is 15.4. The van der Waals surface area contributed by atoms with Crippen LogP contribution in [0.25, 0.3) is 0 Å². The molecule has 1 amide bonds. The fraction of sp³-hybridized carbons (Fsp3) is 0.588. The van der Waals surface area contributed by atoms with Gasteiger partial charge in [0, 0.05) is 51.1 Å². The monoisotopic (exact) mass is 303 g/mol. The number of benzene rings is 1. The second kappa shape index (κ2) is 7.22. The summed E-state index contributed by atoms with van der Waals surface area (Å²) in [6, 6.07) is 10.6. The van der Waals surface area contributed by atoms with Crippen molar-refractivity contribution >= 4 is 5.91 Å². The van der Waals surface area contributed by atoms with E-state index in [4.69, 9.17) is 10.5 Å². The number of hydrogen-bond acceptors (Lipinski definition) is 4. The predicted octanol–water partition coefficient (Wildman–Crippen LogP) is 0.662. The average molecular weight is 303 g/mol. The third kappa shape index (κ3) is 3.66. The van der Waals surface area contributed by atoms with Gasteiger partial charge in [-0.25, -0.2) is 0 Å². The molecule has 0 bridgehead atoms. The lowest BCUT2D eigenvalue weighted by Crippen LogP contribution is -2.42. The van der Waals surface area contributed by atoms with Gasteiger partial charge in [0.1, 0.15) is 0 Å². The molecule has 0 spiro atoms. The Balaban J connectivity index is 1.49. The van der Waals surface area contributed by atoms with Gasteiger partial charge in [-0.3, -0.25) is 4.79 Å². The number of nitrogens with two attached hydrogens (primary N) is 1. The topological polar surface area (TPSA) is 58.8 Å². The van der Waals surface area contributed by atoms with Gasteiger partial charge in [-0.2, -0.15) is 0 Å². The van der Waals surface area contributed by atoms with Gasteiger partial charge >= 0.3 is 0 Å². The van der Waals surface area contributed by atoms with Crippen molar-refractivity contribution in [3.05, 3.63) is 35.9 Å². The maximum absolute atomic E-state index is 12.2. The maximum Gasteiger partial charge on any atom is 0.224 e. The number of nitrogens with zero attached hydrogens (tertiary/aromatic N) is 2. The highest BCUT2D eigenvalue weighted by atomic mass is 16.5.